The Morgan fingerprint density at radius 2 is 2.37 bits per heavy atom. The summed E-state index contributed by atoms with van der Waals surface area (Å²) >= 11 is 0. The molecule has 1 aliphatic carbocycles. The molecule has 104 valence electrons. The van der Waals surface area contributed by atoms with E-state index in [1.54, 1.807) is 7.11 Å². The first-order valence-corrected chi connectivity index (χ1v) is 6.28. The molecule has 6 heteroatoms. The van der Waals surface area contributed by atoms with Gasteiger partial charge in [-0.2, -0.15) is 0 Å². The van der Waals surface area contributed by atoms with Crippen LogP contribution in [0.2, 0.25) is 0 Å². The zero-order valence-corrected chi connectivity index (χ0v) is 10.9. The predicted molar refractivity (Wildman–Crippen MR) is 69.4 cm³/mol. The highest BCUT2D eigenvalue weighted by molar-refractivity contribution is 5.89. The van der Waals surface area contributed by atoms with Crippen molar-refractivity contribution in [1.29, 1.82) is 0 Å². The van der Waals surface area contributed by atoms with Gasteiger partial charge in [0, 0.05) is 26.5 Å². The molecule has 2 N–H and O–H groups in total. The third-order valence-electron chi connectivity index (χ3n) is 3.44. The molecular formula is C13H18FN3O2. The average molecular weight is 267 g/mol. The van der Waals surface area contributed by atoms with Crippen LogP contribution < -0.4 is 10.6 Å². The molecule has 2 amide bonds. The first-order valence-electron chi connectivity index (χ1n) is 6.28. The molecule has 2 rings (SSSR count). The van der Waals surface area contributed by atoms with E-state index in [1.807, 2.05) is 0 Å². The SMILES string of the molecule is COCCC1(CNC(=O)Nc2ccncc2F)CC1. The van der Waals surface area contributed by atoms with E-state index in [0.29, 0.717) is 13.2 Å². The molecule has 0 saturated heterocycles. The topological polar surface area (TPSA) is 63.2 Å². The molecule has 1 saturated carbocycles. The Bertz CT molecular complexity index is 449. The number of nitrogens with zero attached hydrogens (tertiary/aromatic N) is 1. The molecule has 0 spiro atoms. The Morgan fingerprint density at radius 3 is 3.00 bits per heavy atom. The maximum atomic E-state index is 13.3. The van der Waals surface area contributed by atoms with Crippen LogP contribution in [0.1, 0.15) is 19.3 Å². The standard InChI is InChI=1S/C13H18FN3O2/c1-19-7-5-13(3-4-13)9-16-12(18)17-11-2-6-15-8-10(11)14/h2,6,8H,3-5,7,9H2,1H3,(H2,15,16,17,18). The first kappa shape index (κ1) is 13.7. The Labute approximate surface area is 111 Å². The molecular weight excluding hydrogens is 249 g/mol. The van der Waals surface area contributed by atoms with Gasteiger partial charge < -0.3 is 15.4 Å². The van der Waals surface area contributed by atoms with Gasteiger partial charge >= 0.3 is 6.03 Å². The normalized spacial score (nSPS) is 15.9. The molecule has 19 heavy (non-hydrogen) atoms. The largest absolute Gasteiger partial charge is 0.385 e. The fourth-order valence-corrected chi connectivity index (χ4v) is 1.92. The molecule has 1 aliphatic rings. The van der Waals surface area contributed by atoms with E-state index in [-0.39, 0.29) is 11.1 Å². The van der Waals surface area contributed by atoms with Crippen molar-refractivity contribution >= 4 is 11.7 Å². The average Bonchev–Trinajstić information content (AvgIpc) is 3.18. The van der Waals surface area contributed by atoms with E-state index < -0.39 is 11.8 Å². The van der Waals surface area contributed by atoms with Gasteiger partial charge in [-0.3, -0.25) is 4.98 Å². The fourth-order valence-electron chi connectivity index (χ4n) is 1.92. The van der Waals surface area contributed by atoms with Crippen LogP contribution in [0, 0.1) is 11.2 Å². The molecule has 0 radical (unpaired) electrons. The zero-order chi connectivity index (χ0) is 13.7. The van der Waals surface area contributed by atoms with Crippen molar-refractivity contribution in [3.8, 4) is 0 Å². The van der Waals surface area contributed by atoms with Gasteiger partial charge in [0.25, 0.3) is 0 Å². The number of pyridine rings is 1. The first-order chi connectivity index (χ1) is 9.15. The van der Waals surface area contributed by atoms with Gasteiger partial charge in [-0.15, -0.1) is 0 Å². The molecule has 0 aliphatic heterocycles. The van der Waals surface area contributed by atoms with Crippen molar-refractivity contribution in [3.05, 3.63) is 24.3 Å². The number of urea groups is 1. The Morgan fingerprint density at radius 1 is 1.58 bits per heavy atom. The van der Waals surface area contributed by atoms with Crippen molar-refractivity contribution in [2.45, 2.75) is 19.3 Å². The van der Waals surface area contributed by atoms with E-state index in [1.165, 1.54) is 12.3 Å². The van der Waals surface area contributed by atoms with Crippen molar-refractivity contribution in [2.75, 3.05) is 25.6 Å². The number of carbonyl (C=O) groups is 1. The minimum Gasteiger partial charge on any atom is -0.385 e. The van der Waals surface area contributed by atoms with Crippen LogP contribution in [0.3, 0.4) is 0 Å². The molecule has 5 nitrogen and oxygen atoms in total. The summed E-state index contributed by atoms with van der Waals surface area (Å²) in [6.07, 6.45) is 5.63. The number of anilines is 1. The summed E-state index contributed by atoms with van der Waals surface area (Å²) in [5, 5.41) is 5.25. The number of methoxy groups -OCH3 is 1. The van der Waals surface area contributed by atoms with Crippen LogP contribution in [-0.2, 0) is 4.74 Å². The van der Waals surface area contributed by atoms with Gasteiger partial charge in [0.1, 0.15) is 0 Å². The van der Waals surface area contributed by atoms with Crippen molar-refractivity contribution < 1.29 is 13.9 Å². The Kier molecular flexibility index (Phi) is 4.31. The maximum absolute atomic E-state index is 13.3. The van der Waals surface area contributed by atoms with Crippen molar-refractivity contribution in [2.24, 2.45) is 5.41 Å². The van der Waals surface area contributed by atoms with E-state index >= 15 is 0 Å². The predicted octanol–water partition coefficient (Wildman–Crippen LogP) is 2.16. The van der Waals surface area contributed by atoms with Gasteiger partial charge in [0.2, 0.25) is 0 Å². The summed E-state index contributed by atoms with van der Waals surface area (Å²) in [6.45, 7) is 1.29. The highest BCUT2D eigenvalue weighted by Gasteiger charge is 2.42. The molecule has 0 atom stereocenters. The number of aromatic nitrogens is 1. The molecule has 1 heterocycles. The molecule has 1 aromatic heterocycles. The van der Waals surface area contributed by atoms with Crippen LogP contribution in [0.4, 0.5) is 14.9 Å². The van der Waals surface area contributed by atoms with Crippen LogP contribution in [0.15, 0.2) is 18.5 Å². The Balaban J connectivity index is 1.78. The van der Waals surface area contributed by atoms with Crippen LogP contribution in [-0.4, -0.2) is 31.3 Å². The lowest BCUT2D eigenvalue weighted by Gasteiger charge is -2.15. The van der Waals surface area contributed by atoms with E-state index in [9.17, 15) is 9.18 Å². The molecule has 0 bridgehead atoms. The third-order valence-corrected chi connectivity index (χ3v) is 3.44. The number of rotatable bonds is 6. The molecule has 1 fully saturated rings. The van der Waals surface area contributed by atoms with E-state index in [0.717, 1.165) is 25.5 Å². The lowest BCUT2D eigenvalue weighted by molar-refractivity contribution is 0.171. The number of hydrogen-bond acceptors (Lipinski definition) is 3. The number of nitrogens with one attached hydrogen (secondary N) is 2. The summed E-state index contributed by atoms with van der Waals surface area (Å²) in [4.78, 5) is 15.3. The lowest BCUT2D eigenvalue weighted by atomic mass is 10.0. The monoisotopic (exact) mass is 267 g/mol. The summed E-state index contributed by atoms with van der Waals surface area (Å²) in [6, 6.07) is 1.03. The molecule has 0 aromatic carbocycles. The van der Waals surface area contributed by atoms with Gasteiger partial charge in [-0.1, -0.05) is 0 Å². The fraction of sp³-hybridized carbons (Fsp3) is 0.538. The second kappa shape index (κ2) is 5.97. The third kappa shape index (κ3) is 3.89. The summed E-state index contributed by atoms with van der Waals surface area (Å²) < 4.78 is 18.3. The smallest absolute Gasteiger partial charge is 0.319 e. The quantitative estimate of drug-likeness (QED) is 0.830. The number of halogens is 1. The van der Waals surface area contributed by atoms with Gasteiger partial charge in [0.15, 0.2) is 5.82 Å². The van der Waals surface area contributed by atoms with Crippen LogP contribution in [0.25, 0.3) is 0 Å². The minimum absolute atomic E-state index is 0.134. The summed E-state index contributed by atoms with van der Waals surface area (Å²) in [5.74, 6) is -0.543. The van der Waals surface area contributed by atoms with Crippen molar-refractivity contribution in [3.63, 3.8) is 0 Å². The molecule has 1 aromatic rings. The zero-order valence-electron chi connectivity index (χ0n) is 10.9. The maximum Gasteiger partial charge on any atom is 0.319 e. The second-order valence-corrected chi connectivity index (χ2v) is 4.91. The minimum atomic E-state index is -0.543. The highest BCUT2D eigenvalue weighted by atomic mass is 19.1. The number of ether oxygens (including phenoxy) is 1. The van der Waals surface area contributed by atoms with E-state index in [2.05, 4.69) is 15.6 Å². The summed E-state index contributed by atoms with van der Waals surface area (Å²) in [7, 11) is 1.67. The lowest BCUT2D eigenvalue weighted by Crippen LogP contribution is -2.34. The number of hydrogen-bond donors (Lipinski definition) is 2. The van der Waals surface area contributed by atoms with Crippen LogP contribution >= 0.6 is 0 Å². The van der Waals surface area contributed by atoms with Crippen LogP contribution in [0.5, 0.6) is 0 Å². The highest BCUT2D eigenvalue weighted by Crippen LogP contribution is 2.48. The second-order valence-electron chi connectivity index (χ2n) is 4.91. The van der Waals surface area contributed by atoms with Gasteiger partial charge in [-0.25, -0.2) is 9.18 Å². The van der Waals surface area contributed by atoms with Gasteiger partial charge in [0.05, 0.1) is 11.9 Å². The van der Waals surface area contributed by atoms with Gasteiger partial charge in [-0.05, 0) is 30.7 Å². The Hall–Kier alpha value is -1.69. The van der Waals surface area contributed by atoms with E-state index in [4.69, 9.17) is 4.74 Å². The number of amides is 2. The van der Waals surface area contributed by atoms with Crippen molar-refractivity contribution in [1.82, 2.24) is 10.3 Å². The summed E-state index contributed by atoms with van der Waals surface area (Å²) in [5.41, 5.74) is 0.304. The number of carbonyl (C=O) groups excluding carboxylic acids is 1. The molecule has 0 unspecified atom stereocenters.